The molecule has 5 N–H and O–H groups in total. The molecule has 1 aliphatic rings. The third-order valence-electron chi connectivity index (χ3n) is 5.36. The molecule has 2 aromatic carbocycles. The lowest BCUT2D eigenvalue weighted by atomic mass is 9.93. The number of hydrogen-bond acceptors (Lipinski definition) is 8. The van der Waals surface area contributed by atoms with Gasteiger partial charge in [-0.3, -0.25) is 15.6 Å². The predicted octanol–water partition coefficient (Wildman–Crippen LogP) is 1.53. The molecule has 0 spiro atoms. The summed E-state index contributed by atoms with van der Waals surface area (Å²) in [7, 11) is 6.82. The molecular formula is C20H26ClN5O3. The molecule has 3 rings (SSSR count). The average Bonchev–Trinajstić information content (AvgIpc) is 2.76. The minimum absolute atomic E-state index is 0.221. The number of hydrazine groups is 1. The van der Waals surface area contributed by atoms with Gasteiger partial charge in [-0.1, -0.05) is 23.7 Å². The zero-order valence-corrected chi connectivity index (χ0v) is 17.6. The number of halogens is 1. The van der Waals surface area contributed by atoms with Gasteiger partial charge in [0.1, 0.15) is 12.0 Å². The minimum atomic E-state index is -0.893. The number of hydrogen-bond donors (Lipinski definition) is 5. The van der Waals surface area contributed by atoms with E-state index in [-0.39, 0.29) is 6.61 Å². The molecular weight excluding hydrogens is 394 g/mol. The lowest BCUT2D eigenvalue weighted by Crippen LogP contribution is -2.75. The van der Waals surface area contributed by atoms with Gasteiger partial charge >= 0.3 is 0 Å². The minimum Gasteiger partial charge on any atom is -0.495 e. The molecule has 8 nitrogen and oxygen atoms in total. The molecule has 0 aliphatic carbocycles. The fourth-order valence-electron chi connectivity index (χ4n) is 3.85. The summed E-state index contributed by atoms with van der Waals surface area (Å²) in [4.78, 5) is 12.1. The molecule has 2 aromatic rings. The third kappa shape index (κ3) is 3.43. The Balaban J connectivity index is 2.24. The summed E-state index contributed by atoms with van der Waals surface area (Å²) in [5.74, 6) is -0.348. The number of methoxy groups -OCH3 is 1. The first-order valence-electron chi connectivity index (χ1n) is 9.18. The topological polar surface area (TPSA) is 97.9 Å². The van der Waals surface area contributed by atoms with Crippen molar-refractivity contribution in [2.24, 2.45) is 0 Å². The standard InChI is InChI=1S/C20H26ClN5O3/c1-22-20(23-2)18(11-28)26(24-3)19-14(10-27)13(6-8-16(19)25-20)12-5-7-15(21)17(9-12)29-4/h5-9,11,18,22-25,27H,10H2,1-4H3. The van der Waals surface area contributed by atoms with Crippen LogP contribution < -0.4 is 31.1 Å². The average molecular weight is 420 g/mol. The van der Waals surface area contributed by atoms with Gasteiger partial charge in [-0.25, -0.2) is 5.43 Å². The quantitative estimate of drug-likeness (QED) is 0.340. The van der Waals surface area contributed by atoms with Crippen LogP contribution in [0.3, 0.4) is 0 Å². The van der Waals surface area contributed by atoms with E-state index in [2.05, 4.69) is 21.4 Å². The number of nitrogens with one attached hydrogen (secondary N) is 4. The van der Waals surface area contributed by atoms with Gasteiger partial charge in [-0.05, 0) is 43.4 Å². The van der Waals surface area contributed by atoms with Crippen LogP contribution in [-0.2, 0) is 11.4 Å². The Labute approximate surface area is 175 Å². The van der Waals surface area contributed by atoms with Crippen LogP contribution in [0.2, 0.25) is 5.02 Å². The fourth-order valence-corrected chi connectivity index (χ4v) is 4.04. The summed E-state index contributed by atoms with van der Waals surface area (Å²) in [6.45, 7) is -0.221. The Morgan fingerprint density at radius 1 is 1.28 bits per heavy atom. The van der Waals surface area contributed by atoms with Gasteiger partial charge in [0.2, 0.25) is 0 Å². The summed E-state index contributed by atoms with van der Waals surface area (Å²) in [6, 6.07) is 8.65. The van der Waals surface area contributed by atoms with Crippen molar-refractivity contribution in [2.75, 3.05) is 38.6 Å². The van der Waals surface area contributed by atoms with E-state index in [9.17, 15) is 9.90 Å². The van der Waals surface area contributed by atoms with Crippen molar-refractivity contribution in [1.82, 2.24) is 16.1 Å². The van der Waals surface area contributed by atoms with Gasteiger partial charge < -0.3 is 20.0 Å². The zero-order valence-electron chi connectivity index (χ0n) is 16.8. The summed E-state index contributed by atoms with van der Waals surface area (Å²) in [5, 5.41) is 22.2. The van der Waals surface area contributed by atoms with Gasteiger partial charge in [0.05, 0.1) is 30.1 Å². The van der Waals surface area contributed by atoms with E-state index in [0.717, 1.165) is 23.1 Å². The van der Waals surface area contributed by atoms with Crippen molar-refractivity contribution in [3.63, 3.8) is 0 Å². The molecule has 0 saturated carbocycles. The summed E-state index contributed by atoms with van der Waals surface area (Å²) in [6.07, 6.45) is 0.846. The first-order chi connectivity index (χ1) is 14.0. The number of carbonyl (C=O) groups is 1. The first kappa shape index (κ1) is 21.4. The number of carbonyl (C=O) groups excluding carboxylic acids is 1. The van der Waals surface area contributed by atoms with E-state index >= 15 is 0 Å². The number of ether oxygens (including phenoxy) is 1. The molecule has 0 aromatic heterocycles. The Morgan fingerprint density at radius 3 is 2.55 bits per heavy atom. The summed E-state index contributed by atoms with van der Waals surface area (Å²) < 4.78 is 5.33. The van der Waals surface area contributed by atoms with Crippen LogP contribution in [0.1, 0.15) is 5.56 Å². The maximum Gasteiger partial charge on any atom is 0.173 e. The third-order valence-corrected chi connectivity index (χ3v) is 5.67. The number of aliphatic hydroxyl groups is 1. The smallest absolute Gasteiger partial charge is 0.173 e. The number of aliphatic hydroxyl groups excluding tert-OH is 1. The number of likely N-dealkylation sites (N-methyl/N-ethyl adjacent to an activating group) is 2. The van der Waals surface area contributed by atoms with Gasteiger partial charge in [0.15, 0.2) is 11.8 Å². The van der Waals surface area contributed by atoms with Gasteiger partial charge in [-0.2, -0.15) is 0 Å². The van der Waals surface area contributed by atoms with Crippen molar-refractivity contribution in [3.05, 3.63) is 40.9 Å². The second-order valence-electron chi connectivity index (χ2n) is 6.60. The molecule has 29 heavy (non-hydrogen) atoms. The van der Waals surface area contributed by atoms with Crippen LogP contribution in [0.25, 0.3) is 11.1 Å². The molecule has 1 unspecified atom stereocenters. The molecule has 0 fully saturated rings. The lowest BCUT2D eigenvalue weighted by molar-refractivity contribution is -0.110. The normalized spacial score (nSPS) is 17.4. The van der Waals surface area contributed by atoms with Gasteiger partial charge in [-0.15, -0.1) is 0 Å². The van der Waals surface area contributed by atoms with Crippen molar-refractivity contribution >= 4 is 29.3 Å². The highest BCUT2D eigenvalue weighted by Gasteiger charge is 2.46. The molecule has 156 valence electrons. The van der Waals surface area contributed by atoms with Crippen LogP contribution in [-0.4, -0.2) is 51.5 Å². The predicted molar refractivity (Wildman–Crippen MR) is 115 cm³/mol. The SMILES string of the molecule is CNN1c2c(ccc(-c3ccc(Cl)c(OC)c3)c2CO)NC(NC)(NC)C1C=O. The molecule has 0 amide bonds. The Morgan fingerprint density at radius 2 is 2.00 bits per heavy atom. The summed E-state index contributed by atoms with van der Waals surface area (Å²) in [5.41, 5.74) is 6.87. The van der Waals surface area contributed by atoms with E-state index in [4.69, 9.17) is 16.3 Å². The Hall–Kier alpha value is -2.36. The highest BCUT2D eigenvalue weighted by molar-refractivity contribution is 6.32. The number of aldehydes is 1. The molecule has 9 heteroatoms. The fraction of sp³-hybridized carbons (Fsp3) is 0.350. The van der Waals surface area contributed by atoms with Crippen LogP contribution in [0, 0.1) is 0 Å². The maximum absolute atomic E-state index is 12.1. The van der Waals surface area contributed by atoms with E-state index in [0.29, 0.717) is 22.0 Å². The molecule has 0 saturated heterocycles. The molecule has 1 atom stereocenters. The summed E-state index contributed by atoms with van der Waals surface area (Å²) >= 11 is 6.16. The van der Waals surface area contributed by atoms with E-state index in [1.54, 1.807) is 39.3 Å². The van der Waals surface area contributed by atoms with Crippen LogP contribution in [0.15, 0.2) is 30.3 Å². The Bertz CT molecular complexity index is 904. The highest BCUT2D eigenvalue weighted by Crippen LogP contribution is 2.43. The largest absolute Gasteiger partial charge is 0.495 e. The van der Waals surface area contributed by atoms with Crippen LogP contribution >= 0.6 is 11.6 Å². The monoisotopic (exact) mass is 419 g/mol. The molecule has 1 heterocycles. The zero-order chi connectivity index (χ0) is 21.2. The molecule has 0 radical (unpaired) electrons. The molecule has 1 aliphatic heterocycles. The maximum atomic E-state index is 12.1. The lowest BCUT2D eigenvalue weighted by Gasteiger charge is -2.49. The van der Waals surface area contributed by atoms with Gasteiger partial charge in [0.25, 0.3) is 0 Å². The number of nitrogens with zero attached hydrogens (tertiary/aromatic N) is 1. The van der Waals surface area contributed by atoms with E-state index in [1.165, 1.54) is 0 Å². The van der Waals surface area contributed by atoms with Crippen LogP contribution in [0.5, 0.6) is 5.75 Å². The number of rotatable bonds is 7. The van der Waals surface area contributed by atoms with Crippen molar-refractivity contribution in [3.8, 4) is 16.9 Å². The van der Waals surface area contributed by atoms with E-state index < -0.39 is 11.8 Å². The Kier molecular flexibility index (Phi) is 6.30. The number of anilines is 2. The van der Waals surface area contributed by atoms with E-state index in [1.807, 2.05) is 24.3 Å². The second-order valence-corrected chi connectivity index (χ2v) is 7.01. The van der Waals surface area contributed by atoms with Crippen molar-refractivity contribution < 1.29 is 14.6 Å². The second kappa shape index (κ2) is 8.56. The number of benzene rings is 2. The highest BCUT2D eigenvalue weighted by atomic mass is 35.5. The number of fused-ring (bicyclic) bond motifs is 1. The van der Waals surface area contributed by atoms with Crippen molar-refractivity contribution in [2.45, 2.75) is 18.4 Å². The first-order valence-corrected chi connectivity index (χ1v) is 9.56. The van der Waals surface area contributed by atoms with Crippen molar-refractivity contribution in [1.29, 1.82) is 0 Å². The van der Waals surface area contributed by atoms with Crippen LogP contribution in [0.4, 0.5) is 11.4 Å². The molecule has 0 bridgehead atoms. The van der Waals surface area contributed by atoms with Gasteiger partial charge in [0, 0.05) is 12.6 Å².